The van der Waals surface area contributed by atoms with Crippen molar-refractivity contribution >= 4 is 23.2 Å². The highest BCUT2D eigenvalue weighted by Gasteiger charge is 2.33. The number of halogens is 3. The van der Waals surface area contributed by atoms with E-state index in [1.54, 1.807) is 0 Å². The third-order valence-electron chi connectivity index (χ3n) is 4.59. The molecule has 1 atom stereocenters. The highest BCUT2D eigenvalue weighted by atomic mass is 19.4. The number of alkyl halides is 3. The Morgan fingerprint density at radius 3 is 2.61 bits per heavy atom. The van der Waals surface area contributed by atoms with Gasteiger partial charge >= 0.3 is 6.18 Å². The third kappa shape index (κ3) is 5.31. The first-order valence-electron chi connectivity index (χ1n) is 9.64. The normalized spacial score (nSPS) is 15.6. The lowest BCUT2D eigenvalue weighted by molar-refractivity contribution is -0.141. The van der Waals surface area contributed by atoms with Crippen LogP contribution in [0.15, 0.2) is 48.9 Å². The minimum absolute atomic E-state index is 0.134. The number of hydrogen-bond acceptors (Lipinski definition) is 8. The standard InChI is InChI=1S/C20H16F3N7O3/c21-20(22,23)16-3-4-17(30-29-16)33-11-1-2-12(28-19(32)13-5-7-24-10-26-13)15(9-11)27-14-6-8-25-18(14)31/h1-5,7,9-10,14,27H,6,8H2,(H,25,31)(H,28,32)/t14-/m0/s1. The topological polar surface area (TPSA) is 131 Å². The highest BCUT2D eigenvalue weighted by molar-refractivity contribution is 6.05. The molecule has 1 fully saturated rings. The maximum atomic E-state index is 12.7. The van der Waals surface area contributed by atoms with E-state index in [1.165, 1.54) is 36.8 Å². The monoisotopic (exact) mass is 459 g/mol. The minimum atomic E-state index is -4.62. The van der Waals surface area contributed by atoms with Crippen molar-refractivity contribution < 1.29 is 27.5 Å². The van der Waals surface area contributed by atoms with Gasteiger partial charge in [-0.1, -0.05) is 0 Å². The highest BCUT2D eigenvalue weighted by Crippen LogP contribution is 2.32. The van der Waals surface area contributed by atoms with Gasteiger partial charge in [-0.15, -0.1) is 10.2 Å². The summed E-state index contributed by atoms with van der Waals surface area (Å²) in [5, 5.41) is 15.0. The molecule has 1 aromatic carbocycles. The van der Waals surface area contributed by atoms with Crippen molar-refractivity contribution in [1.29, 1.82) is 0 Å². The second-order valence-corrected chi connectivity index (χ2v) is 6.89. The van der Waals surface area contributed by atoms with Crippen LogP contribution in [0.2, 0.25) is 0 Å². The van der Waals surface area contributed by atoms with Gasteiger partial charge in [-0.3, -0.25) is 9.59 Å². The lowest BCUT2D eigenvalue weighted by Gasteiger charge is -2.17. The Bertz CT molecular complexity index is 1160. The van der Waals surface area contributed by atoms with Crippen LogP contribution in [0.3, 0.4) is 0 Å². The molecule has 0 aliphatic carbocycles. The van der Waals surface area contributed by atoms with Crippen molar-refractivity contribution in [3.63, 3.8) is 0 Å². The molecule has 33 heavy (non-hydrogen) atoms. The van der Waals surface area contributed by atoms with E-state index in [1.807, 2.05) is 0 Å². The maximum absolute atomic E-state index is 12.7. The van der Waals surface area contributed by atoms with Crippen molar-refractivity contribution in [2.75, 3.05) is 17.2 Å². The largest absolute Gasteiger partial charge is 0.437 e. The van der Waals surface area contributed by atoms with Gasteiger partial charge in [-0.25, -0.2) is 9.97 Å². The quantitative estimate of drug-likeness (QED) is 0.513. The Morgan fingerprint density at radius 1 is 1.12 bits per heavy atom. The number of carbonyl (C=O) groups excluding carboxylic acids is 2. The van der Waals surface area contributed by atoms with E-state index in [0.717, 1.165) is 12.1 Å². The summed E-state index contributed by atoms with van der Waals surface area (Å²) in [6.45, 7) is 0.496. The summed E-state index contributed by atoms with van der Waals surface area (Å²) in [6, 6.07) is 7.17. The van der Waals surface area contributed by atoms with E-state index >= 15 is 0 Å². The number of rotatable bonds is 6. The summed E-state index contributed by atoms with van der Waals surface area (Å²) in [7, 11) is 0. The van der Waals surface area contributed by atoms with E-state index in [2.05, 4.69) is 36.1 Å². The Hall–Kier alpha value is -4.29. The molecule has 0 spiro atoms. The second-order valence-electron chi connectivity index (χ2n) is 6.89. The second kappa shape index (κ2) is 9.06. The van der Waals surface area contributed by atoms with E-state index < -0.39 is 23.8 Å². The van der Waals surface area contributed by atoms with E-state index in [0.29, 0.717) is 24.3 Å². The fourth-order valence-electron chi connectivity index (χ4n) is 2.99. The SMILES string of the molecule is O=C(Nc1ccc(Oc2ccc(C(F)(F)F)nn2)cc1N[C@H]1CCNC1=O)c1ccncn1. The maximum Gasteiger partial charge on any atom is 0.435 e. The van der Waals surface area contributed by atoms with Crippen LogP contribution in [0.25, 0.3) is 0 Å². The number of anilines is 2. The van der Waals surface area contributed by atoms with Crippen LogP contribution < -0.4 is 20.7 Å². The van der Waals surface area contributed by atoms with Crippen LogP contribution in [-0.4, -0.2) is 44.6 Å². The van der Waals surface area contributed by atoms with Crippen LogP contribution in [0.4, 0.5) is 24.5 Å². The molecule has 13 heteroatoms. The van der Waals surface area contributed by atoms with Gasteiger partial charge in [0.15, 0.2) is 5.69 Å². The van der Waals surface area contributed by atoms with Gasteiger partial charge in [0.05, 0.1) is 11.4 Å². The molecule has 0 unspecified atom stereocenters. The van der Waals surface area contributed by atoms with Crippen LogP contribution >= 0.6 is 0 Å². The third-order valence-corrected chi connectivity index (χ3v) is 4.59. The number of amides is 2. The Labute approximate surface area is 184 Å². The first kappa shape index (κ1) is 21.9. The average molecular weight is 459 g/mol. The molecule has 1 aliphatic rings. The number of hydrogen-bond donors (Lipinski definition) is 3. The van der Waals surface area contributed by atoms with Crippen molar-refractivity contribution in [3.05, 3.63) is 60.3 Å². The number of nitrogens with zero attached hydrogens (tertiary/aromatic N) is 4. The molecule has 3 aromatic rings. The van der Waals surface area contributed by atoms with Gasteiger partial charge in [-0.2, -0.15) is 13.2 Å². The molecule has 0 radical (unpaired) electrons. The van der Waals surface area contributed by atoms with Crippen molar-refractivity contribution in [2.45, 2.75) is 18.6 Å². The number of nitrogens with one attached hydrogen (secondary N) is 3. The van der Waals surface area contributed by atoms with Crippen LogP contribution in [0, 0.1) is 0 Å². The van der Waals surface area contributed by atoms with Gasteiger partial charge in [0.1, 0.15) is 23.8 Å². The zero-order valence-corrected chi connectivity index (χ0v) is 16.8. The fraction of sp³-hybridized carbons (Fsp3) is 0.200. The summed E-state index contributed by atoms with van der Waals surface area (Å²) in [5.74, 6) is -0.670. The minimum Gasteiger partial charge on any atom is -0.437 e. The number of carbonyl (C=O) groups is 2. The Balaban J connectivity index is 1.58. The summed E-state index contributed by atoms with van der Waals surface area (Å²) in [5.41, 5.74) is -0.317. The summed E-state index contributed by atoms with van der Waals surface area (Å²) >= 11 is 0. The summed E-state index contributed by atoms with van der Waals surface area (Å²) in [4.78, 5) is 32.2. The van der Waals surface area contributed by atoms with Gasteiger partial charge in [-0.05, 0) is 30.7 Å². The van der Waals surface area contributed by atoms with Crippen molar-refractivity contribution in [2.24, 2.45) is 0 Å². The molecule has 2 amide bonds. The molecule has 4 rings (SSSR count). The zero-order valence-electron chi connectivity index (χ0n) is 16.8. The molecule has 0 bridgehead atoms. The average Bonchev–Trinajstić information content (AvgIpc) is 3.20. The van der Waals surface area contributed by atoms with Gasteiger partial charge in [0.25, 0.3) is 5.91 Å². The first-order chi connectivity index (χ1) is 15.8. The molecular formula is C20H16F3N7O3. The lowest BCUT2D eigenvalue weighted by Crippen LogP contribution is -2.30. The molecule has 10 nitrogen and oxygen atoms in total. The number of aromatic nitrogens is 4. The molecule has 0 saturated carbocycles. The zero-order chi connectivity index (χ0) is 23.4. The molecular weight excluding hydrogens is 443 g/mol. The Morgan fingerprint density at radius 2 is 1.97 bits per heavy atom. The van der Waals surface area contributed by atoms with E-state index in [9.17, 15) is 22.8 Å². The predicted octanol–water partition coefficient (Wildman–Crippen LogP) is 2.63. The molecule has 170 valence electrons. The first-order valence-corrected chi connectivity index (χ1v) is 9.64. The van der Waals surface area contributed by atoms with E-state index in [-0.39, 0.29) is 23.2 Å². The number of ether oxygens (including phenoxy) is 1. The number of benzene rings is 1. The molecule has 3 N–H and O–H groups in total. The smallest absolute Gasteiger partial charge is 0.435 e. The molecule has 2 aromatic heterocycles. The van der Waals surface area contributed by atoms with Crippen LogP contribution in [0.1, 0.15) is 22.6 Å². The van der Waals surface area contributed by atoms with Crippen molar-refractivity contribution in [3.8, 4) is 11.6 Å². The summed E-state index contributed by atoms with van der Waals surface area (Å²) in [6.07, 6.45) is -1.44. The van der Waals surface area contributed by atoms with Gasteiger partial charge in [0, 0.05) is 24.9 Å². The Kier molecular flexibility index (Phi) is 6.02. The van der Waals surface area contributed by atoms with Crippen LogP contribution in [0.5, 0.6) is 11.6 Å². The van der Waals surface area contributed by atoms with E-state index in [4.69, 9.17) is 4.74 Å². The van der Waals surface area contributed by atoms with Gasteiger partial charge in [0.2, 0.25) is 11.8 Å². The fourth-order valence-corrected chi connectivity index (χ4v) is 2.99. The molecule has 3 heterocycles. The molecule has 1 saturated heterocycles. The predicted molar refractivity (Wildman–Crippen MR) is 109 cm³/mol. The summed E-state index contributed by atoms with van der Waals surface area (Å²) < 4.78 is 43.5. The molecule has 1 aliphatic heterocycles. The van der Waals surface area contributed by atoms with Crippen molar-refractivity contribution in [1.82, 2.24) is 25.5 Å². The lowest BCUT2D eigenvalue weighted by atomic mass is 10.2. The van der Waals surface area contributed by atoms with Crippen LogP contribution in [-0.2, 0) is 11.0 Å². The van der Waals surface area contributed by atoms with Gasteiger partial charge < -0.3 is 20.7 Å².